The van der Waals surface area contributed by atoms with E-state index in [4.69, 9.17) is 10.2 Å². The lowest BCUT2D eigenvalue weighted by Crippen LogP contribution is -2.26. The average molecular weight is 239 g/mol. The summed E-state index contributed by atoms with van der Waals surface area (Å²) in [7, 11) is 3.08. The van der Waals surface area contributed by atoms with Gasteiger partial charge in [0.05, 0.1) is 20.3 Å². The number of nitrogens with zero attached hydrogens (tertiary/aromatic N) is 1. The van der Waals surface area contributed by atoms with Crippen molar-refractivity contribution in [2.45, 2.75) is 13.2 Å². The fourth-order valence-corrected chi connectivity index (χ4v) is 1.50. The fourth-order valence-electron chi connectivity index (χ4n) is 1.50. The number of carbonyl (C=O) groups excluding carboxylic acids is 1. The molecule has 1 aromatic carbocycles. The van der Waals surface area contributed by atoms with Gasteiger partial charge in [-0.25, -0.2) is 0 Å². The Hall–Kier alpha value is -1.59. The Balaban J connectivity index is 2.91. The van der Waals surface area contributed by atoms with Crippen LogP contribution in [0.3, 0.4) is 0 Å². The summed E-state index contributed by atoms with van der Waals surface area (Å²) in [5.41, 5.74) is 2.15. The highest BCUT2D eigenvalue weighted by Gasteiger charge is 2.09. The number of anilines is 1. The lowest BCUT2D eigenvalue weighted by atomic mass is 10.1. The van der Waals surface area contributed by atoms with E-state index in [1.54, 1.807) is 30.1 Å². The maximum atomic E-state index is 11.1. The summed E-state index contributed by atoms with van der Waals surface area (Å²) < 4.78 is 4.58. The van der Waals surface area contributed by atoms with E-state index in [0.717, 1.165) is 5.69 Å². The second-order valence-corrected chi connectivity index (χ2v) is 3.76. The molecule has 0 amide bonds. The summed E-state index contributed by atoms with van der Waals surface area (Å²) in [5, 5.41) is 18.2. The van der Waals surface area contributed by atoms with Crippen LogP contribution >= 0.6 is 0 Å². The molecule has 0 heterocycles. The van der Waals surface area contributed by atoms with Crippen LogP contribution < -0.4 is 4.90 Å². The van der Waals surface area contributed by atoms with Gasteiger partial charge < -0.3 is 19.8 Å². The topological polar surface area (TPSA) is 70.0 Å². The van der Waals surface area contributed by atoms with Crippen molar-refractivity contribution < 1.29 is 19.7 Å². The highest BCUT2D eigenvalue weighted by Crippen LogP contribution is 2.18. The fraction of sp³-hybridized carbons (Fsp3) is 0.417. The number of carbonyl (C=O) groups is 1. The van der Waals surface area contributed by atoms with Gasteiger partial charge in [-0.05, 0) is 23.3 Å². The molecule has 0 saturated heterocycles. The Morgan fingerprint density at radius 2 is 1.76 bits per heavy atom. The van der Waals surface area contributed by atoms with Crippen molar-refractivity contribution in [2.75, 3.05) is 25.6 Å². The van der Waals surface area contributed by atoms with Gasteiger partial charge in [-0.15, -0.1) is 0 Å². The van der Waals surface area contributed by atoms with Crippen LogP contribution in [-0.4, -0.2) is 36.9 Å². The quantitative estimate of drug-likeness (QED) is 0.722. The Bertz CT molecular complexity index is 370. The maximum Gasteiger partial charge on any atom is 0.325 e. The highest BCUT2D eigenvalue weighted by molar-refractivity contribution is 5.75. The van der Waals surface area contributed by atoms with Crippen LogP contribution in [0.5, 0.6) is 0 Å². The van der Waals surface area contributed by atoms with Crippen LogP contribution in [0.4, 0.5) is 5.69 Å². The second kappa shape index (κ2) is 6.22. The molecule has 2 N–H and O–H groups in total. The molecule has 17 heavy (non-hydrogen) atoms. The molecule has 0 fully saturated rings. The third-order valence-electron chi connectivity index (χ3n) is 2.44. The minimum atomic E-state index is -0.340. The Morgan fingerprint density at radius 1 is 1.24 bits per heavy atom. The summed E-state index contributed by atoms with van der Waals surface area (Å²) in [6.45, 7) is -0.0872. The standard InChI is InChI=1S/C12H17NO4/c1-13(6-12(16)17-2)11-4-9(7-14)3-10(5-11)8-15/h3-5,14-15H,6-8H2,1-2H3. The molecule has 0 saturated carbocycles. The van der Waals surface area contributed by atoms with Crippen LogP contribution in [0, 0.1) is 0 Å². The number of aliphatic hydroxyl groups is 2. The number of hydrogen-bond donors (Lipinski definition) is 2. The molecular formula is C12H17NO4. The van der Waals surface area contributed by atoms with E-state index in [9.17, 15) is 4.79 Å². The number of ether oxygens (including phenoxy) is 1. The first-order valence-electron chi connectivity index (χ1n) is 5.23. The molecule has 0 aliphatic rings. The highest BCUT2D eigenvalue weighted by atomic mass is 16.5. The predicted molar refractivity (Wildman–Crippen MR) is 63.6 cm³/mol. The van der Waals surface area contributed by atoms with E-state index >= 15 is 0 Å². The third-order valence-corrected chi connectivity index (χ3v) is 2.44. The first-order valence-corrected chi connectivity index (χ1v) is 5.23. The van der Waals surface area contributed by atoms with E-state index in [2.05, 4.69) is 4.74 Å². The lowest BCUT2D eigenvalue weighted by molar-refractivity contribution is -0.138. The number of rotatable bonds is 5. The molecule has 0 aliphatic carbocycles. The zero-order valence-corrected chi connectivity index (χ0v) is 10.0. The molecule has 0 aliphatic heterocycles. The van der Waals surface area contributed by atoms with E-state index in [1.807, 2.05) is 0 Å². The number of likely N-dealkylation sites (N-methyl/N-ethyl adjacent to an activating group) is 1. The summed E-state index contributed by atoms with van der Waals surface area (Å²) in [6.07, 6.45) is 0. The zero-order valence-electron chi connectivity index (χ0n) is 10.0. The van der Waals surface area contributed by atoms with Gasteiger partial charge in [0.2, 0.25) is 0 Å². The monoisotopic (exact) mass is 239 g/mol. The van der Waals surface area contributed by atoms with Crippen LogP contribution in [0.1, 0.15) is 11.1 Å². The van der Waals surface area contributed by atoms with Gasteiger partial charge >= 0.3 is 5.97 Å². The third kappa shape index (κ3) is 3.72. The van der Waals surface area contributed by atoms with Crippen molar-refractivity contribution in [1.29, 1.82) is 0 Å². The molecule has 0 atom stereocenters. The molecule has 0 aromatic heterocycles. The minimum Gasteiger partial charge on any atom is -0.468 e. The normalized spacial score (nSPS) is 10.1. The first-order chi connectivity index (χ1) is 8.10. The first kappa shape index (κ1) is 13.5. The second-order valence-electron chi connectivity index (χ2n) is 3.76. The summed E-state index contributed by atoms with van der Waals surface area (Å²) in [4.78, 5) is 12.8. The number of aliphatic hydroxyl groups excluding tert-OH is 2. The molecular weight excluding hydrogens is 222 g/mol. The average Bonchev–Trinajstić information content (AvgIpc) is 2.37. The van der Waals surface area contributed by atoms with E-state index < -0.39 is 0 Å². The molecule has 5 nitrogen and oxygen atoms in total. The molecule has 0 radical (unpaired) electrons. The van der Waals surface area contributed by atoms with Gasteiger partial charge in [0.1, 0.15) is 6.54 Å². The van der Waals surface area contributed by atoms with Crippen LogP contribution in [0.2, 0.25) is 0 Å². The molecule has 5 heteroatoms. The Labute approximate surface area is 100 Å². The van der Waals surface area contributed by atoms with Gasteiger partial charge in [-0.3, -0.25) is 4.79 Å². The van der Waals surface area contributed by atoms with Gasteiger partial charge in [0.15, 0.2) is 0 Å². The predicted octanol–water partition coefficient (Wildman–Crippen LogP) is 0.280. The van der Waals surface area contributed by atoms with Crippen molar-refractivity contribution in [2.24, 2.45) is 0 Å². The van der Waals surface area contributed by atoms with Crippen molar-refractivity contribution >= 4 is 11.7 Å². The Kier molecular flexibility index (Phi) is 4.93. The molecule has 0 bridgehead atoms. The van der Waals surface area contributed by atoms with Crippen molar-refractivity contribution in [1.82, 2.24) is 0 Å². The van der Waals surface area contributed by atoms with Gasteiger partial charge in [0.25, 0.3) is 0 Å². The largest absolute Gasteiger partial charge is 0.468 e. The summed E-state index contributed by atoms with van der Waals surface area (Å²) in [6, 6.07) is 5.25. The Morgan fingerprint density at radius 3 is 2.18 bits per heavy atom. The van der Waals surface area contributed by atoms with Crippen LogP contribution in [0.15, 0.2) is 18.2 Å². The summed E-state index contributed by atoms with van der Waals surface area (Å²) in [5.74, 6) is -0.340. The van der Waals surface area contributed by atoms with Crippen molar-refractivity contribution in [3.05, 3.63) is 29.3 Å². The van der Waals surface area contributed by atoms with E-state index in [1.165, 1.54) is 7.11 Å². The molecule has 1 aromatic rings. The zero-order chi connectivity index (χ0) is 12.8. The molecule has 94 valence electrons. The molecule has 1 rings (SSSR count). The number of esters is 1. The van der Waals surface area contributed by atoms with E-state index in [0.29, 0.717) is 11.1 Å². The van der Waals surface area contributed by atoms with E-state index in [-0.39, 0.29) is 25.7 Å². The van der Waals surface area contributed by atoms with Gasteiger partial charge in [-0.2, -0.15) is 0 Å². The molecule has 0 spiro atoms. The molecule has 0 unspecified atom stereocenters. The van der Waals surface area contributed by atoms with Crippen LogP contribution in [0.25, 0.3) is 0 Å². The number of benzene rings is 1. The van der Waals surface area contributed by atoms with Crippen molar-refractivity contribution in [3.63, 3.8) is 0 Å². The van der Waals surface area contributed by atoms with Gasteiger partial charge in [0, 0.05) is 12.7 Å². The minimum absolute atomic E-state index is 0.104. The SMILES string of the molecule is COC(=O)CN(C)c1cc(CO)cc(CO)c1. The van der Waals surface area contributed by atoms with Gasteiger partial charge in [-0.1, -0.05) is 6.07 Å². The number of methoxy groups -OCH3 is 1. The number of hydrogen-bond acceptors (Lipinski definition) is 5. The lowest BCUT2D eigenvalue weighted by Gasteiger charge is -2.19. The smallest absolute Gasteiger partial charge is 0.325 e. The van der Waals surface area contributed by atoms with Crippen LogP contribution in [-0.2, 0) is 22.7 Å². The van der Waals surface area contributed by atoms with Crippen molar-refractivity contribution in [3.8, 4) is 0 Å². The summed E-state index contributed by atoms with van der Waals surface area (Å²) >= 11 is 0. The maximum absolute atomic E-state index is 11.1.